The van der Waals surface area contributed by atoms with Crippen LogP contribution in [0.3, 0.4) is 0 Å². The smallest absolute Gasteiger partial charge is 0.138 e. The lowest BCUT2D eigenvalue weighted by molar-refractivity contribution is 1.29. The van der Waals surface area contributed by atoms with Gasteiger partial charge in [-0.25, -0.2) is 4.98 Å². The number of rotatable bonds is 1. The second kappa shape index (κ2) is 3.11. The summed E-state index contributed by atoms with van der Waals surface area (Å²) in [5.41, 5.74) is 1.47. The summed E-state index contributed by atoms with van der Waals surface area (Å²) in [4.78, 5) is 6.99. The van der Waals surface area contributed by atoms with Crippen molar-refractivity contribution in [2.45, 2.75) is 0 Å². The highest BCUT2D eigenvalue weighted by Gasteiger charge is 2.00. The number of aromatic nitrogens is 2. The molecule has 3 heteroatoms. The molecule has 0 bridgehead atoms. The number of H-pyrrole nitrogens is 1. The number of hydrogen-bond donors (Lipinski definition) is 1. The van der Waals surface area contributed by atoms with Gasteiger partial charge >= 0.3 is 0 Å². The minimum atomic E-state index is 0.485. The molecule has 0 spiro atoms. The minimum absolute atomic E-state index is 0.485. The molecule has 1 heterocycles. The van der Waals surface area contributed by atoms with Gasteiger partial charge in [-0.3, -0.25) is 0 Å². The van der Waals surface area contributed by atoms with Crippen LogP contribution in [0.2, 0.25) is 0 Å². The van der Waals surface area contributed by atoms with Gasteiger partial charge in [-0.1, -0.05) is 30.3 Å². The third kappa shape index (κ3) is 1.42. The van der Waals surface area contributed by atoms with E-state index in [-0.39, 0.29) is 0 Å². The molecule has 62 valence electrons. The van der Waals surface area contributed by atoms with Gasteiger partial charge in [-0.05, 0) is 0 Å². The Kier molecular flexibility index (Phi) is 1.81. The van der Waals surface area contributed by atoms with Crippen molar-refractivity contribution >= 4 is 0 Å². The number of imidazole rings is 1. The summed E-state index contributed by atoms with van der Waals surface area (Å²) in [5, 5.41) is 8.58. The van der Waals surface area contributed by atoms with Crippen molar-refractivity contribution in [2.24, 2.45) is 0 Å². The minimum Gasteiger partial charge on any atom is -0.330 e. The Labute approximate surface area is 75.7 Å². The molecular formula is C10H7N3. The lowest BCUT2D eigenvalue weighted by Gasteiger charge is -1.93. The van der Waals surface area contributed by atoms with E-state index in [1.807, 2.05) is 36.4 Å². The monoisotopic (exact) mass is 169 g/mol. The second-order valence-corrected chi connectivity index (χ2v) is 2.62. The van der Waals surface area contributed by atoms with Crippen LogP contribution in [0.4, 0.5) is 0 Å². The normalized spacial score (nSPS) is 9.46. The lowest BCUT2D eigenvalue weighted by Crippen LogP contribution is -1.78. The van der Waals surface area contributed by atoms with Crippen molar-refractivity contribution in [3.8, 4) is 17.5 Å². The first-order valence-electron chi connectivity index (χ1n) is 3.90. The first-order chi connectivity index (χ1) is 6.40. The molecule has 0 atom stereocenters. The van der Waals surface area contributed by atoms with Gasteiger partial charge in [0.05, 0.1) is 6.20 Å². The summed E-state index contributed by atoms with van der Waals surface area (Å²) in [6.07, 6.45) is 1.53. The summed E-state index contributed by atoms with van der Waals surface area (Å²) in [6.45, 7) is 0. The van der Waals surface area contributed by atoms with E-state index in [0.29, 0.717) is 5.69 Å². The van der Waals surface area contributed by atoms with Crippen LogP contribution in [0.15, 0.2) is 36.5 Å². The van der Waals surface area contributed by atoms with Crippen molar-refractivity contribution in [1.82, 2.24) is 9.97 Å². The van der Waals surface area contributed by atoms with Crippen molar-refractivity contribution in [2.75, 3.05) is 0 Å². The van der Waals surface area contributed by atoms with Gasteiger partial charge in [0, 0.05) is 5.56 Å². The van der Waals surface area contributed by atoms with Gasteiger partial charge in [0.1, 0.15) is 17.6 Å². The van der Waals surface area contributed by atoms with E-state index in [4.69, 9.17) is 5.26 Å². The molecule has 0 saturated heterocycles. The topological polar surface area (TPSA) is 52.5 Å². The Hall–Kier alpha value is -2.08. The molecule has 1 aromatic carbocycles. The summed E-state index contributed by atoms with van der Waals surface area (Å²) in [5.74, 6) is 0.733. The van der Waals surface area contributed by atoms with E-state index >= 15 is 0 Å². The molecule has 0 saturated carbocycles. The molecule has 0 aliphatic carbocycles. The van der Waals surface area contributed by atoms with Crippen molar-refractivity contribution in [1.29, 1.82) is 5.26 Å². The molecule has 0 unspecified atom stereocenters. The van der Waals surface area contributed by atoms with Crippen LogP contribution < -0.4 is 0 Å². The average molecular weight is 169 g/mol. The zero-order valence-electron chi connectivity index (χ0n) is 6.86. The van der Waals surface area contributed by atoms with Crippen molar-refractivity contribution in [3.05, 3.63) is 42.2 Å². The Morgan fingerprint density at radius 2 is 2.00 bits per heavy atom. The van der Waals surface area contributed by atoms with Crippen LogP contribution in [-0.4, -0.2) is 9.97 Å². The van der Waals surface area contributed by atoms with Crippen LogP contribution in [-0.2, 0) is 0 Å². The molecule has 0 aliphatic heterocycles. The van der Waals surface area contributed by atoms with Crippen LogP contribution in [0.1, 0.15) is 5.69 Å². The quantitative estimate of drug-likeness (QED) is 0.709. The molecule has 2 rings (SSSR count). The highest BCUT2D eigenvalue weighted by Crippen LogP contribution is 2.13. The Bertz CT molecular complexity index is 437. The summed E-state index contributed by atoms with van der Waals surface area (Å²) in [6, 6.07) is 11.7. The standard InChI is InChI=1S/C10H7N3/c11-6-9-7-12-10(13-9)8-4-2-1-3-5-8/h1-5,7H,(H,12,13). The van der Waals surface area contributed by atoms with E-state index < -0.39 is 0 Å². The van der Waals surface area contributed by atoms with Gasteiger partial charge in [0.2, 0.25) is 0 Å². The molecule has 2 aromatic rings. The van der Waals surface area contributed by atoms with Crippen LogP contribution in [0.25, 0.3) is 11.4 Å². The van der Waals surface area contributed by atoms with Gasteiger partial charge < -0.3 is 4.98 Å². The fourth-order valence-electron chi connectivity index (χ4n) is 1.12. The third-order valence-corrected chi connectivity index (χ3v) is 1.74. The zero-order chi connectivity index (χ0) is 9.10. The van der Waals surface area contributed by atoms with Crippen LogP contribution >= 0.6 is 0 Å². The van der Waals surface area contributed by atoms with Crippen LogP contribution in [0.5, 0.6) is 0 Å². The summed E-state index contributed by atoms with van der Waals surface area (Å²) < 4.78 is 0. The van der Waals surface area contributed by atoms with E-state index in [9.17, 15) is 0 Å². The molecule has 0 amide bonds. The highest BCUT2D eigenvalue weighted by atomic mass is 14.9. The number of nitriles is 1. The van der Waals surface area contributed by atoms with Crippen molar-refractivity contribution in [3.63, 3.8) is 0 Å². The van der Waals surface area contributed by atoms with Crippen LogP contribution in [0, 0.1) is 11.3 Å². The van der Waals surface area contributed by atoms with Gasteiger partial charge in [0.15, 0.2) is 0 Å². The Balaban J connectivity index is 2.43. The largest absolute Gasteiger partial charge is 0.330 e. The molecular weight excluding hydrogens is 162 g/mol. The number of nitrogens with zero attached hydrogens (tertiary/aromatic N) is 2. The second-order valence-electron chi connectivity index (χ2n) is 2.62. The predicted molar refractivity (Wildman–Crippen MR) is 48.7 cm³/mol. The van der Waals surface area contributed by atoms with Gasteiger partial charge in [-0.2, -0.15) is 5.26 Å². The van der Waals surface area contributed by atoms with Crippen molar-refractivity contribution < 1.29 is 0 Å². The summed E-state index contributed by atoms with van der Waals surface area (Å²) >= 11 is 0. The first-order valence-corrected chi connectivity index (χ1v) is 3.90. The van der Waals surface area contributed by atoms with Gasteiger partial charge in [-0.15, -0.1) is 0 Å². The van der Waals surface area contributed by atoms with E-state index in [1.165, 1.54) is 6.20 Å². The molecule has 1 aromatic heterocycles. The third-order valence-electron chi connectivity index (χ3n) is 1.74. The fraction of sp³-hybridized carbons (Fsp3) is 0. The number of hydrogen-bond acceptors (Lipinski definition) is 2. The molecule has 0 radical (unpaired) electrons. The molecule has 0 aliphatic rings. The first kappa shape index (κ1) is 7.56. The van der Waals surface area contributed by atoms with E-state index in [0.717, 1.165) is 11.4 Å². The lowest BCUT2D eigenvalue weighted by atomic mass is 10.2. The Morgan fingerprint density at radius 1 is 1.23 bits per heavy atom. The number of benzene rings is 1. The maximum atomic E-state index is 8.58. The Morgan fingerprint density at radius 3 is 2.62 bits per heavy atom. The molecule has 3 nitrogen and oxygen atoms in total. The zero-order valence-corrected chi connectivity index (χ0v) is 6.86. The molecule has 13 heavy (non-hydrogen) atoms. The average Bonchev–Trinajstić information content (AvgIpc) is 2.67. The maximum Gasteiger partial charge on any atom is 0.138 e. The molecule has 1 N–H and O–H groups in total. The molecule has 0 fully saturated rings. The number of nitrogens with one attached hydrogen (secondary N) is 1. The highest BCUT2D eigenvalue weighted by molar-refractivity contribution is 5.55. The van der Waals surface area contributed by atoms with E-state index in [1.54, 1.807) is 0 Å². The maximum absolute atomic E-state index is 8.58. The fourth-order valence-corrected chi connectivity index (χ4v) is 1.12. The summed E-state index contributed by atoms with van der Waals surface area (Å²) in [7, 11) is 0. The predicted octanol–water partition coefficient (Wildman–Crippen LogP) is 1.95. The van der Waals surface area contributed by atoms with Gasteiger partial charge in [0.25, 0.3) is 0 Å². The van der Waals surface area contributed by atoms with E-state index in [2.05, 4.69) is 9.97 Å². The SMILES string of the molecule is N#Cc1cnc(-c2ccccc2)[nH]1. The number of aromatic amines is 1.